The van der Waals surface area contributed by atoms with Crippen LogP contribution < -0.4 is 16.6 Å². The number of benzene rings is 1. The average molecular weight is 438 g/mol. The molecule has 0 aliphatic rings. The molecule has 3 N–H and O–H groups in total. The number of hydrogen-bond acceptors (Lipinski definition) is 4. The third kappa shape index (κ3) is 6.69. The normalized spacial score (nSPS) is 11.1. The number of pyridine rings is 1. The molecule has 8 nitrogen and oxygen atoms in total. The number of anilines is 1. The third-order valence-electron chi connectivity index (χ3n) is 4.41. The number of alkyl halides is 3. The molecule has 0 aliphatic heterocycles. The van der Waals surface area contributed by atoms with Crippen LogP contribution in [0.15, 0.2) is 47.4 Å². The Morgan fingerprint density at radius 1 is 1.10 bits per heavy atom. The molecule has 11 heteroatoms. The van der Waals surface area contributed by atoms with Crippen molar-refractivity contribution in [1.82, 2.24) is 9.47 Å². The van der Waals surface area contributed by atoms with Crippen molar-refractivity contribution in [2.24, 2.45) is 5.73 Å². The molecule has 0 fully saturated rings. The summed E-state index contributed by atoms with van der Waals surface area (Å²) in [7, 11) is 0. The lowest BCUT2D eigenvalue weighted by atomic mass is 10.2. The van der Waals surface area contributed by atoms with Gasteiger partial charge in [-0.3, -0.25) is 19.2 Å². The highest BCUT2D eigenvalue weighted by atomic mass is 19.4. The van der Waals surface area contributed by atoms with Gasteiger partial charge in [-0.1, -0.05) is 0 Å². The van der Waals surface area contributed by atoms with Crippen LogP contribution in [0.4, 0.5) is 18.9 Å². The Bertz CT molecular complexity index is 1020. The number of nitrogens with two attached hydrogens (primary N) is 1. The van der Waals surface area contributed by atoms with E-state index < -0.39 is 41.6 Å². The minimum absolute atomic E-state index is 0.00818. The van der Waals surface area contributed by atoms with Crippen LogP contribution in [0, 0.1) is 0 Å². The molecule has 2 rings (SSSR count). The third-order valence-corrected chi connectivity index (χ3v) is 4.41. The SMILES string of the molecule is CCN(CCC(=O)Nc1ccc(C(N)=O)cc1)C(=O)Cn1cc(C(F)(F)F)ccc1=O. The fourth-order valence-corrected chi connectivity index (χ4v) is 2.71. The van der Waals surface area contributed by atoms with Crippen LogP contribution in [0.2, 0.25) is 0 Å². The first kappa shape index (κ1) is 23.6. The van der Waals surface area contributed by atoms with Crippen molar-refractivity contribution in [2.75, 3.05) is 18.4 Å². The number of amides is 3. The van der Waals surface area contributed by atoms with Gasteiger partial charge in [0.05, 0.1) is 5.56 Å². The molecule has 0 radical (unpaired) electrons. The van der Waals surface area contributed by atoms with E-state index in [0.717, 1.165) is 6.07 Å². The fraction of sp³-hybridized carbons (Fsp3) is 0.300. The summed E-state index contributed by atoms with van der Waals surface area (Å²) in [6.45, 7) is 1.28. The van der Waals surface area contributed by atoms with Crippen LogP contribution in [0.5, 0.6) is 0 Å². The van der Waals surface area contributed by atoms with Gasteiger partial charge in [0, 0.05) is 43.0 Å². The maximum Gasteiger partial charge on any atom is 0.417 e. The predicted molar refractivity (Wildman–Crippen MR) is 106 cm³/mol. The Hall–Kier alpha value is -3.63. The molecule has 1 heterocycles. The van der Waals surface area contributed by atoms with Crippen LogP contribution in [0.3, 0.4) is 0 Å². The predicted octanol–water partition coefficient (Wildman–Crippen LogP) is 1.84. The van der Waals surface area contributed by atoms with E-state index in [-0.39, 0.29) is 25.1 Å². The van der Waals surface area contributed by atoms with Gasteiger partial charge in [0.25, 0.3) is 5.56 Å². The zero-order valence-electron chi connectivity index (χ0n) is 16.6. The Balaban J connectivity index is 1.96. The molecule has 3 amide bonds. The minimum atomic E-state index is -4.64. The van der Waals surface area contributed by atoms with E-state index >= 15 is 0 Å². The zero-order chi connectivity index (χ0) is 23.2. The van der Waals surface area contributed by atoms with E-state index in [1.807, 2.05) is 0 Å². The Labute approximate surface area is 175 Å². The summed E-state index contributed by atoms with van der Waals surface area (Å²) in [6.07, 6.45) is -4.12. The zero-order valence-corrected chi connectivity index (χ0v) is 16.6. The highest BCUT2D eigenvalue weighted by molar-refractivity contribution is 5.94. The maximum absolute atomic E-state index is 12.8. The van der Waals surface area contributed by atoms with Crippen molar-refractivity contribution in [2.45, 2.75) is 26.1 Å². The minimum Gasteiger partial charge on any atom is -0.366 e. The van der Waals surface area contributed by atoms with Gasteiger partial charge in [0.2, 0.25) is 17.7 Å². The van der Waals surface area contributed by atoms with Gasteiger partial charge in [0.15, 0.2) is 0 Å². The standard InChI is InChI=1S/C20H21F3N4O4/c1-2-26(10-9-16(28)25-15-6-3-13(4-7-15)19(24)31)18(30)12-27-11-14(20(21,22)23)5-8-17(27)29/h3-8,11H,2,9-10,12H2,1H3,(H2,24,31)(H,25,28). The lowest BCUT2D eigenvalue weighted by Gasteiger charge is -2.21. The van der Waals surface area contributed by atoms with Crippen molar-refractivity contribution >= 4 is 23.4 Å². The molecular weight excluding hydrogens is 417 g/mol. The van der Waals surface area contributed by atoms with Gasteiger partial charge >= 0.3 is 6.18 Å². The summed E-state index contributed by atoms with van der Waals surface area (Å²) in [6, 6.07) is 7.31. The Morgan fingerprint density at radius 2 is 1.74 bits per heavy atom. The van der Waals surface area contributed by atoms with Gasteiger partial charge in [0.1, 0.15) is 6.54 Å². The van der Waals surface area contributed by atoms with Gasteiger partial charge < -0.3 is 20.5 Å². The number of rotatable bonds is 8. The molecule has 0 aliphatic carbocycles. The number of hydrogen-bond donors (Lipinski definition) is 2. The van der Waals surface area contributed by atoms with Crippen LogP contribution in [0.1, 0.15) is 29.3 Å². The van der Waals surface area contributed by atoms with E-state index in [1.54, 1.807) is 6.92 Å². The van der Waals surface area contributed by atoms with Gasteiger partial charge in [-0.25, -0.2) is 0 Å². The van der Waals surface area contributed by atoms with Crippen LogP contribution in [-0.2, 0) is 22.3 Å². The highest BCUT2D eigenvalue weighted by Gasteiger charge is 2.31. The maximum atomic E-state index is 12.8. The smallest absolute Gasteiger partial charge is 0.366 e. The first-order valence-electron chi connectivity index (χ1n) is 9.26. The second-order valence-electron chi connectivity index (χ2n) is 6.59. The fourth-order valence-electron chi connectivity index (χ4n) is 2.71. The topological polar surface area (TPSA) is 114 Å². The van der Waals surface area contributed by atoms with Gasteiger partial charge in [-0.05, 0) is 37.3 Å². The number of aromatic nitrogens is 1. The first-order chi connectivity index (χ1) is 14.5. The molecule has 0 saturated carbocycles. The quantitative estimate of drug-likeness (QED) is 0.655. The molecule has 1 aromatic heterocycles. The second kappa shape index (κ2) is 9.92. The lowest BCUT2D eigenvalue weighted by molar-refractivity contribution is -0.139. The summed E-state index contributed by atoms with van der Waals surface area (Å²) in [5.41, 5.74) is 4.08. The number of carbonyl (C=O) groups is 3. The summed E-state index contributed by atoms with van der Waals surface area (Å²) < 4.78 is 39.2. The number of halogens is 3. The molecule has 2 aromatic rings. The average Bonchev–Trinajstić information content (AvgIpc) is 2.69. The molecule has 31 heavy (non-hydrogen) atoms. The molecule has 166 valence electrons. The second-order valence-corrected chi connectivity index (χ2v) is 6.59. The Kier molecular flexibility index (Phi) is 7.56. The van der Waals surface area contributed by atoms with Crippen molar-refractivity contribution in [3.8, 4) is 0 Å². The molecule has 1 aromatic carbocycles. The first-order valence-corrected chi connectivity index (χ1v) is 9.26. The molecule has 0 bridgehead atoms. The summed E-state index contributed by atoms with van der Waals surface area (Å²) in [5.74, 6) is -1.60. The summed E-state index contributed by atoms with van der Waals surface area (Å²) in [4.78, 5) is 48.7. The molecule has 0 unspecified atom stereocenters. The molecule has 0 spiro atoms. The van der Waals surface area contributed by atoms with E-state index in [1.165, 1.54) is 29.2 Å². The van der Waals surface area contributed by atoms with Crippen LogP contribution in [-0.4, -0.2) is 40.3 Å². The van der Waals surface area contributed by atoms with Gasteiger partial charge in [-0.15, -0.1) is 0 Å². The van der Waals surface area contributed by atoms with Crippen molar-refractivity contribution in [3.05, 3.63) is 64.1 Å². The molecule has 0 atom stereocenters. The molecular formula is C20H21F3N4O4. The van der Waals surface area contributed by atoms with Crippen LogP contribution >= 0.6 is 0 Å². The highest BCUT2D eigenvalue weighted by Crippen LogP contribution is 2.28. The van der Waals surface area contributed by atoms with E-state index in [0.29, 0.717) is 22.5 Å². The lowest BCUT2D eigenvalue weighted by Crippen LogP contribution is -2.38. The number of primary amides is 1. The van der Waals surface area contributed by atoms with Crippen molar-refractivity contribution < 1.29 is 27.6 Å². The van der Waals surface area contributed by atoms with E-state index in [2.05, 4.69) is 5.32 Å². The molecule has 0 saturated heterocycles. The van der Waals surface area contributed by atoms with E-state index in [9.17, 15) is 32.3 Å². The van der Waals surface area contributed by atoms with Crippen LogP contribution in [0.25, 0.3) is 0 Å². The number of carbonyl (C=O) groups excluding carboxylic acids is 3. The summed E-state index contributed by atoms with van der Waals surface area (Å²) >= 11 is 0. The van der Waals surface area contributed by atoms with E-state index in [4.69, 9.17) is 5.73 Å². The largest absolute Gasteiger partial charge is 0.417 e. The van der Waals surface area contributed by atoms with Crippen molar-refractivity contribution in [3.63, 3.8) is 0 Å². The van der Waals surface area contributed by atoms with Gasteiger partial charge in [-0.2, -0.15) is 13.2 Å². The Morgan fingerprint density at radius 3 is 2.29 bits per heavy atom. The monoisotopic (exact) mass is 438 g/mol. The van der Waals surface area contributed by atoms with Crippen molar-refractivity contribution in [1.29, 1.82) is 0 Å². The number of nitrogens with zero attached hydrogens (tertiary/aromatic N) is 2. The number of likely N-dealkylation sites (N-methyl/N-ethyl adjacent to an activating group) is 1. The number of nitrogens with one attached hydrogen (secondary N) is 1. The summed E-state index contributed by atoms with van der Waals surface area (Å²) in [5, 5.41) is 2.60.